The summed E-state index contributed by atoms with van der Waals surface area (Å²) in [5, 5.41) is 12.0. The topological polar surface area (TPSA) is 67.8 Å². The van der Waals surface area contributed by atoms with E-state index in [1.54, 1.807) is 38.1 Å². The van der Waals surface area contributed by atoms with Gasteiger partial charge < -0.3 is 19.9 Å². The average Bonchev–Trinajstić information content (AvgIpc) is 2.60. The molecule has 0 saturated carbocycles. The number of ether oxygens (including phenoxy) is 2. The van der Waals surface area contributed by atoms with Crippen LogP contribution in [0.15, 0.2) is 48.5 Å². The number of hydrogen-bond donors (Lipinski definition) is 2. The first-order valence-corrected chi connectivity index (χ1v) is 8.34. The predicted molar refractivity (Wildman–Crippen MR) is 97.0 cm³/mol. The van der Waals surface area contributed by atoms with Crippen molar-refractivity contribution in [2.45, 2.75) is 26.1 Å². The van der Waals surface area contributed by atoms with Crippen molar-refractivity contribution < 1.29 is 19.4 Å². The Labute approximate surface area is 152 Å². The van der Waals surface area contributed by atoms with Gasteiger partial charge in [-0.05, 0) is 55.8 Å². The number of carbonyl (C=O) groups excluding carboxylic acids is 1. The van der Waals surface area contributed by atoms with E-state index in [0.717, 1.165) is 11.3 Å². The van der Waals surface area contributed by atoms with E-state index >= 15 is 0 Å². The van der Waals surface area contributed by atoms with Crippen LogP contribution in [0.4, 0.5) is 0 Å². The Kier molecular flexibility index (Phi) is 6.67. The summed E-state index contributed by atoms with van der Waals surface area (Å²) in [6, 6.07) is 14.5. The molecule has 2 rings (SSSR count). The number of amides is 1. The Morgan fingerprint density at radius 1 is 1.08 bits per heavy atom. The first kappa shape index (κ1) is 19.1. The van der Waals surface area contributed by atoms with Crippen molar-refractivity contribution in [3.8, 4) is 11.5 Å². The van der Waals surface area contributed by atoms with Crippen LogP contribution in [0, 0.1) is 0 Å². The number of rotatable bonds is 8. The number of hydrogen-bond acceptors (Lipinski definition) is 4. The summed E-state index contributed by atoms with van der Waals surface area (Å²) in [5.41, 5.74) is -0.0546. The monoisotopic (exact) mass is 363 g/mol. The Morgan fingerprint density at radius 2 is 1.68 bits per heavy atom. The van der Waals surface area contributed by atoms with Gasteiger partial charge in [0.25, 0.3) is 5.91 Å². The number of aliphatic hydroxyl groups is 1. The lowest BCUT2D eigenvalue weighted by Crippen LogP contribution is -2.47. The molecule has 0 atom stereocenters. The van der Waals surface area contributed by atoms with Gasteiger partial charge >= 0.3 is 0 Å². The number of benzene rings is 2. The summed E-state index contributed by atoms with van der Waals surface area (Å²) in [5.74, 6) is 1.04. The molecule has 5 nitrogen and oxygen atoms in total. The van der Waals surface area contributed by atoms with E-state index in [4.69, 9.17) is 26.2 Å². The molecule has 0 spiro atoms. The zero-order chi connectivity index (χ0) is 18.3. The van der Waals surface area contributed by atoms with Gasteiger partial charge in [-0.3, -0.25) is 4.79 Å². The highest BCUT2D eigenvalue weighted by Crippen LogP contribution is 2.21. The molecule has 0 aliphatic rings. The standard InChI is InChI=1S/C19H22ClNO4/c1-19(2,18(23)21-11-12-22)25-17-7-3-14(4-8-17)13-24-16-9-5-15(20)6-10-16/h3-10,22H,11-13H2,1-2H3,(H,21,23). The molecule has 2 aromatic carbocycles. The average molecular weight is 364 g/mol. The lowest BCUT2D eigenvalue weighted by atomic mass is 10.1. The molecule has 134 valence electrons. The highest BCUT2D eigenvalue weighted by atomic mass is 35.5. The minimum absolute atomic E-state index is 0.107. The number of carbonyl (C=O) groups is 1. The molecule has 2 aromatic rings. The van der Waals surface area contributed by atoms with Crippen LogP contribution in [0.3, 0.4) is 0 Å². The first-order chi connectivity index (χ1) is 11.9. The number of halogens is 1. The van der Waals surface area contributed by atoms with Crippen LogP contribution < -0.4 is 14.8 Å². The molecule has 25 heavy (non-hydrogen) atoms. The quantitative estimate of drug-likeness (QED) is 0.755. The Morgan fingerprint density at radius 3 is 2.28 bits per heavy atom. The zero-order valence-corrected chi connectivity index (χ0v) is 15.0. The van der Waals surface area contributed by atoms with Gasteiger partial charge in [0.1, 0.15) is 18.1 Å². The highest BCUT2D eigenvalue weighted by molar-refractivity contribution is 6.30. The molecule has 0 heterocycles. The molecule has 0 unspecified atom stereocenters. The third-order valence-electron chi connectivity index (χ3n) is 3.46. The molecular formula is C19H22ClNO4. The molecule has 0 bridgehead atoms. The van der Waals surface area contributed by atoms with Crippen molar-refractivity contribution in [1.82, 2.24) is 5.32 Å². The fourth-order valence-corrected chi connectivity index (χ4v) is 2.20. The van der Waals surface area contributed by atoms with Crippen LogP contribution in [0.5, 0.6) is 11.5 Å². The fraction of sp³-hybridized carbons (Fsp3) is 0.316. The van der Waals surface area contributed by atoms with Crippen molar-refractivity contribution >= 4 is 17.5 Å². The van der Waals surface area contributed by atoms with E-state index < -0.39 is 5.60 Å². The van der Waals surface area contributed by atoms with Crippen LogP contribution in [0.25, 0.3) is 0 Å². The van der Waals surface area contributed by atoms with E-state index in [2.05, 4.69) is 5.32 Å². The third kappa shape index (κ3) is 5.96. The minimum Gasteiger partial charge on any atom is -0.489 e. The summed E-state index contributed by atoms with van der Waals surface area (Å²) in [6.45, 7) is 3.87. The summed E-state index contributed by atoms with van der Waals surface area (Å²) >= 11 is 5.84. The lowest BCUT2D eigenvalue weighted by Gasteiger charge is -2.25. The van der Waals surface area contributed by atoms with Crippen molar-refractivity contribution in [1.29, 1.82) is 0 Å². The molecule has 0 saturated heterocycles. The van der Waals surface area contributed by atoms with Crippen molar-refractivity contribution in [2.75, 3.05) is 13.2 Å². The minimum atomic E-state index is -1.03. The van der Waals surface area contributed by atoms with E-state index in [0.29, 0.717) is 17.4 Å². The molecule has 1 amide bonds. The lowest BCUT2D eigenvalue weighted by molar-refractivity contribution is -0.134. The SMILES string of the molecule is CC(C)(Oc1ccc(COc2ccc(Cl)cc2)cc1)C(=O)NCCO. The molecule has 6 heteroatoms. The van der Waals surface area contributed by atoms with E-state index in [1.165, 1.54) is 0 Å². The maximum absolute atomic E-state index is 12.0. The molecule has 2 N–H and O–H groups in total. The zero-order valence-electron chi connectivity index (χ0n) is 14.3. The first-order valence-electron chi connectivity index (χ1n) is 7.96. The number of nitrogens with one attached hydrogen (secondary N) is 1. The summed E-state index contributed by atoms with van der Waals surface area (Å²) in [6.07, 6.45) is 0. The van der Waals surface area contributed by atoms with Crippen molar-refractivity contribution in [2.24, 2.45) is 0 Å². The van der Waals surface area contributed by atoms with Gasteiger partial charge in [-0.1, -0.05) is 23.7 Å². The van der Waals surface area contributed by atoms with E-state index in [-0.39, 0.29) is 19.1 Å². The second-order valence-electron chi connectivity index (χ2n) is 5.98. The Hall–Kier alpha value is -2.24. The van der Waals surface area contributed by atoms with Gasteiger partial charge in [0.15, 0.2) is 5.60 Å². The maximum Gasteiger partial charge on any atom is 0.263 e. The molecule has 0 fully saturated rings. The smallest absolute Gasteiger partial charge is 0.263 e. The Balaban J connectivity index is 1.90. The second-order valence-corrected chi connectivity index (χ2v) is 6.41. The van der Waals surface area contributed by atoms with Crippen LogP contribution in [-0.2, 0) is 11.4 Å². The third-order valence-corrected chi connectivity index (χ3v) is 3.71. The molecule has 0 aromatic heterocycles. The Bertz CT molecular complexity index is 684. The maximum atomic E-state index is 12.0. The fourth-order valence-electron chi connectivity index (χ4n) is 2.07. The number of aliphatic hydroxyl groups excluding tert-OH is 1. The molecular weight excluding hydrogens is 342 g/mol. The van der Waals surface area contributed by atoms with Gasteiger partial charge in [-0.2, -0.15) is 0 Å². The molecule has 0 aliphatic heterocycles. The van der Waals surface area contributed by atoms with Crippen molar-refractivity contribution in [3.63, 3.8) is 0 Å². The largest absolute Gasteiger partial charge is 0.489 e. The van der Waals surface area contributed by atoms with Crippen LogP contribution >= 0.6 is 11.6 Å². The van der Waals surface area contributed by atoms with Gasteiger partial charge in [0, 0.05) is 11.6 Å². The second kappa shape index (κ2) is 8.74. The van der Waals surface area contributed by atoms with Crippen molar-refractivity contribution in [3.05, 3.63) is 59.1 Å². The molecule has 0 aliphatic carbocycles. The summed E-state index contributed by atoms with van der Waals surface area (Å²) in [7, 11) is 0. The van der Waals surface area contributed by atoms with Crippen LogP contribution in [0.2, 0.25) is 5.02 Å². The summed E-state index contributed by atoms with van der Waals surface area (Å²) in [4.78, 5) is 12.0. The normalized spacial score (nSPS) is 11.0. The van der Waals surface area contributed by atoms with Crippen LogP contribution in [-0.4, -0.2) is 29.8 Å². The van der Waals surface area contributed by atoms with Gasteiger partial charge in [-0.15, -0.1) is 0 Å². The highest BCUT2D eigenvalue weighted by Gasteiger charge is 2.29. The summed E-state index contributed by atoms with van der Waals surface area (Å²) < 4.78 is 11.4. The van der Waals surface area contributed by atoms with E-state index in [1.807, 2.05) is 24.3 Å². The van der Waals surface area contributed by atoms with Crippen LogP contribution in [0.1, 0.15) is 19.4 Å². The predicted octanol–water partition coefficient (Wildman–Crippen LogP) is 3.18. The molecule has 0 radical (unpaired) electrons. The van der Waals surface area contributed by atoms with Gasteiger partial charge in [0.2, 0.25) is 0 Å². The van der Waals surface area contributed by atoms with Gasteiger partial charge in [-0.25, -0.2) is 0 Å². The van der Waals surface area contributed by atoms with Gasteiger partial charge in [0.05, 0.1) is 6.61 Å². The van der Waals surface area contributed by atoms with E-state index in [9.17, 15) is 4.79 Å².